The lowest BCUT2D eigenvalue weighted by Crippen LogP contribution is -2.21. The molecule has 0 aliphatic carbocycles. The smallest absolute Gasteiger partial charge is 0.475 e. The van der Waals surface area contributed by atoms with Gasteiger partial charge in [-0.2, -0.15) is 31.4 Å². The number of alkyl halides is 6. The average Bonchev–Trinajstić information content (AvgIpc) is 3.61. The molecular weight excluding hydrogens is 600 g/mol. The number of amides is 1. The lowest BCUT2D eigenvalue weighted by atomic mass is 10.0. The van der Waals surface area contributed by atoms with Gasteiger partial charge in [0.2, 0.25) is 0 Å². The molecule has 1 aliphatic heterocycles. The maximum atomic E-state index is 11.6. The zero-order valence-electron chi connectivity index (χ0n) is 22.6. The number of likely N-dealkylation sites (tertiary alicyclic amines) is 1. The summed E-state index contributed by atoms with van der Waals surface area (Å²) in [6.07, 6.45) is -3.25. The van der Waals surface area contributed by atoms with Crippen LogP contribution in [0, 0.1) is 0 Å². The van der Waals surface area contributed by atoms with E-state index in [9.17, 15) is 31.1 Å². The molecule has 2 aromatic carbocycles. The van der Waals surface area contributed by atoms with Gasteiger partial charge in [0.15, 0.2) is 0 Å². The molecule has 10 nitrogen and oxygen atoms in total. The van der Waals surface area contributed by atoms with Crippen LogP contribution < -0.4 is 5.73 Å². The van der Waals surface area contributed by atoms with Crippen LogP contribution in [0.3, 0.4) is 0 Å². The van der Waals surface area contributed by atoms with Gasteiger partial charge >= 0.3 is 24.3 Å². The lowest BCUT2D eigenvalue weighted by molar-refractivity contribution is -0.193. The zero-order chi connectivity index (χ0) is 32.7. The van der Waals surface area contributed by atoms with E-state index in [0.717, 1.165) is 30.7 Å². The Balaban J connectivity index is 0.000000317. The molecule has 44 heavy (non-hydrogen) atoms. The Morgan fingerprint density at radius 3 is 2.05 bits per heavy atom. The Morgan fingerprint density at radius 2 is 1.52 bits per heavy atom. The number of carbonyl (C=O) groups is 3. The summed E-state index contributed by atoms with van der Waals surface area (Å²) < 4.78 is 65.3. The summed E-state index contributed by atoms with van der Waals surface area (Å²) in [5, 5.41) is 19.7. The molecule has 1 aliphatic rings. The molecule has 0 saturated carbocycles. The van der Waals surface area contributed by atoms with Gasteiger partial charge in [0.1, 0.15) is 5.52 Å². The zero-order valence-corrected chi connectivity index (χ0v) is 22.6. The first-order valence-corrected chi connectivity index (χ1v) is 12.7. The Hall–Kier alpha value is -4.99. The fraction of sp³-hybridized carbons (Fsp3) is 0.250. The predicted octanol–water partition coefficient (Wildman–Crippen LogP) is 4.78. The second-order valence-corrected chi connectivity index (χ2v) is 9.46. The molecule has 1 fully saturated rings. The summed E-state index contributed by atoms with van der Waals surface area (Å²) in [5.74, 6) is -5.41. The molecule has 4 aromatic rings. The Bertz CT molecular complexity index is 1570. The molecule has 16 heteroatoms. The number of carbonyl (C=O) groups excluding carboxylic acids is 1. The Kier molecular flexibility index (Phi) is 10.7. The quantitative estimate of drug-likeness (QED) is 0.268. The van der Waals surface area contributed by atoms with E-state index in [-0.39, 0.29) is 0 Å². The second-order valence-electron chi connectivity index (χ2n) is 9.46. The molecule has 1 unspecified atom stereocenters. The molecule has 234 valence electrons. The first-order chi connectivity index (χ1) is 20.6. The van der Waals surface area contributed by atoms with Gasteiger partial charge in [-0.25, -0.2) is 14.3 Å². The summed E-state index contributed by atoms with van der Waals surface area (Å²) in [5.41, 5.74) is 10.1. The number of hydrogen-bond acceptors (Lipinski definition) is 6. The van der Waals surface area contributed by atoms with Gasteiger partial charge in [0.05, 0.1) is 11.3 Å². The number of carboxylic acid groups (broad SMARTS) is 2. The number of nitrogens with two attached hydrogens (primary N) is 1. The first-order valence-electron chi connectivity index (χ1n) is 12.7. The highest BCUT2D eigenvalue weighted by Gasteiger charge is 2.38. The molecule has 4 N–H and O–H groups in total. The van der Waals surface area contributed by atoms with Gasteiger partial charge in [-0.1, -0.05) is 30.3 Å². The second kappa shape index (κ2) is 14.0. The summed E-state index contributed by atoms with van der Waals surface area (Å²) in [6, 6.07) is 18.1. The molecule has 1 amide bonds. The standard InChI is InChI=1S/C24H23N5O.2C2HF3O2/c25-24(30)22-5-1-3-20-16-29(27-23(20)22)21-8-6-17(7-9-21)14-28-12-10-19(15-28)18-4-2-11-26-13-18;2*3-2(4,5)1(6)7/h1-9,11,13,16,19H,10,12,14-15H2,(H2,25,30);2*(H,6,7). The van der Waals surface area contributed by atoms with E-state index < -0.39 is 30.2 Å². The van der Waals surface area contributed by atoms with Crippen molar-refractivity contribution in [3.63, 3.8) is 0 Å². The van der Waals surface area contributed by atoms with Gasteiger partial charge < -0.3 is 15.9 Å². The number of aromatic nitrogens is 3. The van der Waals surface area contributed by atoms with E-state index in [1.165, 1.54) is 17.5 Å². The van der Waals surface area contributed by atoms with Crippen molar-refractivity contribution in [2.75, 3.05) is 13.1 Å². The van der Waals surface area contributed by atoms with Crippen LogP contribution in [-0.4, -0.2) is 73.2 Å². The maximum Gasteiger partial charge on any atom is 0.490 e. The van der Waals surface area contributed by atoms with E-state index in [4.69, 9.17) is 25.5 Å². The van der Waals surface area contributed by atoms with E-state index in [2.05, 4.69) is 45.3 Å². The van der Waals surface area contributed by atoms with Crippen LogP contribution in [0.5, 0.6) is 0 Å². The third-order valence-corrected chi connectivity index (χ3v) is 6.32. The van der Waals surface area contributed by atoms with E-state index >= 15 is 0 Å². The topological polar surface area (TPSA) is 152 Å². The number of nitrogens with zero attached hydrogens (tertiary/aromatic N) is 4. The van der Waals surface area contributed by atoms with Gasteiger partial charge in [-0.05, 0) is 54.3 Å². The number of rotatable bonds is 5. The molecule has 0 spiro atoms. The van der Waals surface area contributed by atoms with Crippen molar-refractivity contribution in [3.8, 4) is 5.69 Å². The van der Waals surface area contributed by atoms with E-state index in [0.29, 0.717) is 17.0 Å². The van der Waals surface area contributed by atoms with Crippen molar-refractivity contribution in [2.24, 2.45) is 5.73 Å². The van der Waals surface area contributed by atoms with Gasteiger partial charge in [-0.3, -0.25) is 14.7 Å². The van der Waals surface area contributed by atoms with Gasteiger partial charge in [-0.15, -0.1) is 0 Å². The fourth-order valence-electron chi connectivity index (χ4n) is 4.25. The normalized spacial score (nSPS) is 15.1. The number of aliphatic carboxylic acids is 2. The van der Waals surface area contributed by atoms with Crippen molar-refractivity contribution >= 4 is 28.7 Å². The van der Waals surface area contributed by atoms with Crippen LogP contribution in [0.4, 0.5) is 26.3 Å². The van der Waals surface area contributed by atoms with Gasteiger partial charge in [0.25, 0.3) is 5.91 Å². The largest absolute Gasteiger partial charge is 0.490 e. The molecule has 1 saturated heterocycles. The highest BCUT2D eigenvalue weighted by atomic mass is 19.4. The molecule has 0 radical (unpaired) electrons. The molecule has 2 aromatic heterocycles. The Labute approximate surface area is 245 Å². The van der Waals surface area contributed by atoms with Crippen molar-refractivity contribution < 1.29 is 50.9 Å². The van der Waals surface area contributed by atoms with Crippen molar-refractivity contribution in [1.29, 1.82) is 0 Å². The van der Waals surface area contributed by atoms with Crippen LogP contribution >= 0.6 is 0 Å². The number of pyridine rings is 1. The highest BCUT2D eigenvalue weighted by molar-refractivity contribution is 6.04. The van der Waals surface area contributed by atoms with Crippen LogP contribution in [0.1, 0.15) is 33.8 Å². The molecule has 1 atom stereocenters. The predicted molar refractivity (Wildman–Crippen MR) is 144 cm³/mol. The summed E-state index contributed by atoms with van der Waals surface area (Å²) in [7, 11) is 0. The van der Waals surface area contributed by atoms with Crippen molar-refractivity contribution in [1.82, 2.24) is 19.7 Å². The van der Waals surface area contributed by atoms with Crippen LogP contribution in [0.15, 0.2) is 73.2 Å². The fourth-order valence-corrected chi connectivity index (χ4v) is 4.25. The summed E-state index contributed by atoms with van der Waals surface area (Å²) in [6.45, 7) is 3.10. The molecule has 3 heterocycles. The first kappa shape index (κ1) is 33.5. The molecular formula is C28H25F6N5O5. The van der Waals surface area contributed by atoms with E-state index in [1.807, 2.05) is 36.8 Å². The number of primary amides is 1. The number of hydrogen-bond donors (Lipinski definition) is 3. The number of carboxylic acids is 2. The highest BCUT2D eigenvalue weighted by Crippen LogP contribution is 2.28. The van der Waals surface area contributed by atoms with Crippen molar-refractivity contribution in [3.05, 3.63) is 89.9 Å². The monoisotopic (exact) mass is 625 g/mol. The summed E-state index contributed by atoms with van der Waals surface area (Å²) in [4.78, 5) is 36.2. The lowest BCUT2D eigenvalue weighted by Gasteiger charge is -2.16. The molecule has 5 rings (SSSR count). The van der Waals surface area contributed by atoms with Crippen molar-refractivity contribution in [2.45, 2.75) is 31.2 Å². The third-order valence-electron chi connectivity index (χ3n) is 6.32. The molecule has 0 bridgehead atoms. The maximum absolute atomic E-state index is 11.6. The number of benzene rings is 2. The minimum Gasteiger partial charge on any atom is -0.475 e. The van der Waals surface area contributed by atoms with E-state index in [1.54, 1.807) is 10.7 Å². The Morgan fingerprint density at radius 1 is 0.909 bits per heavy atom. The van der Waals surface area contributed by atoms with Gasteiger partial charge in [0, 0.05) is 37.1 Å². The summed E-state index contributed by atoms with van der Waals surface area (Å²) >= 11 is 0. The minimum absolute atomic E-state index is 0.445. The van der Waals surface area contributed by atoms with Crippen LogP contribution in [-0.2, 0) is 16.1 Å². The van der Waals surface area contributed by atoms with Crippen LogP contribution in [0.2, 0.25) is 0 Å². The number of halogens is 6. The van der Waals surface area contributed by atoms with Crippen LogP contribution in [0.25, 0.3) is 16.6 Å². The third kappa shape index (κ3) is 9.26. The average molecular weight is 626 g/mol. The minimum atomic E-state index is -5.08. The SMILES string of the molecule is NC(=O)c1cccc2cn(-c3ccc(CN4CCC(c5cccnc5)C4)cc3)nc12.O=C(O)C(F)(F)F.O=C(O)C(F)(F)F. The number of fused-ring (bicyclic) bond motifs is 1.